The van der Waals surface area contributed by atoms with Crippen molar-refractivity contribution in [3.05, 3.63) is 272 Å². The van der Waals surface area contributed by atoms with E-state index < -0.39 is 69.2 Å². The second-order valence-corrected chi connectivity index (χ2v) is 25.9. The molecule has 0 saturated carbocycles. The first-order chi connectivity index (χ1) is 47.8. The second kappa shape index (κ2) is 22.8. The Labute approximate surface area is 563 Å². The Kier molecular flexibility index (Phi) is 14.4. The van der Waals surface area contributed by atoms with Crippen LogP contribution in [0.5, 0.6) is 0 Å². The van der Waals surface area contributed by atoms with Gasteiger partial charge in [-0.1, -0.05) is 109 Å². The number of aryl methyl sites for hydroxylation is 3. The van der Waals surface area contributed by atoms with Gasteiger partial charge in [-0.2, -0.15) is 63.2 Å². The van der Waals surface area contributed by atoms with Crippen LogP contribution in [0.1, 0.15) is 84.6 Å². The summed E-state index contributed by atoms with van der Waals surface area (Å²) in [6.45, 7) is 5.55. The highest BCUT2D eigenvalue weighted by Gasteiger charge is 2.45. The van der Waals surface area contributed by atoms with Gasteiger partial charge in [-0.05, 0) is 178 Å². The Morgan fingerprint density at radius 2 is 0.860 bits per heavy atom. The van der Waals surface area contributed by atoms with Gasteiger partial charge in [-0.25, -0.2) is 0 Å². The van der Waals surface area contributed by atoms with Crippen LogP contribution in [-0.2, 0) is 44.0 Å². The van der Waals surface area contributed by atoms with Crippen molar-refractivity contribution in [2.24, 2.45) is 5.92 Å². The topological polar surface area (TPSA) is 67.3 Å². The van der Waals surface area contributed by atoms with E-state index in [-0.39, 0.29) is 39.8 Å². The van der Waals surface area contributed by atoms with Gasteiger partial charge in [0.05, 0.1) is 101 Å². The minimum absolute atomic E-state index is 0.0258. The van der Waals surface area contributed by atoms with Crippen molar-refractivity contribution in [3.8, 4) is 57.1 Å². The van der Waals surface area contributed by atoms with Crippen LogP contribution >= 0.6 is 0 Å². The molecule has 2 aliphatic rings. The molecule has 0 aliphatic heterocycles. The number of aromatic nitrogens is 4. The van der Waals surface area contributed by atoms with Crippen molar-refractivity contribution in [1.82, 2.24) is 18.3 Å². The average Bonchev–Trinajstić information content (AvgIpc) is 1.68. The van der Waals surface area contributed by atoms with E-state index in [1.54, 1.807) is 97.1 Å². The number of hydrogen-bond acceptors (Lipinski definition) is 2. The molecule has 4 heterocycles. The molecule has 1 unspecified atom stereocenters. The fraction of sp³-hybridized carbons (Fsp3) is 0.146. The Hall–Kier alpha value is -11.5. The molecule has 0 fully saturated rings. The lowest BCUT2D eigenvalue weighted by molar-refractivity contribution is -0.143. The van der Waals surface area contributed by atoms with Crippen molar-refractivity contribution < 1.29 is 52.7 Å². The number of alkyl halides is 12. The summed E-state index contributed by atoms with van der Waals surface area (Å²) in [7, 11) is 0. The maximum absolute atomic E-state index is 15.8. The molecule has 0 saturated heterocycles. The van der Waals surface area contributed by atoms with Crippen molar-refractivity contribution in [2.45, 2.75) is 71.2 Å². The van der Waals surface area contributed by atoms with Crippen LogP contribution in [0, 0.1) is 49.4 Å². The summed E-state index contributed by atoms with van der Waals surface area (Å²) in [5, 5.41) is 25.8. The van der Waals surface area contributed by atoms with Gasteiger partial charge in [-0.15, -0.1) is 0 Å². The molecule has 6 nitrogen and oxygen atoms in total. The Morgan fingerprint density at radius 1 is 0.410 bits per heavy atom. The van der Waals surface area contributed by atoms with Crippen LogP contribution in [-0.4, -0.2) is 18.3 Å². The summed E-state index contributed by atoms with van der Waals surface area (Å²) in [4.78, 5) is 0. The summed E-state index contributed by atoms with van der Waals surface area (Å²) < 4.78 is 197. The zero-order chi connectivity index (χ0) is 69.8. The molecular formula is C82H52F12N6. The van der Waals surface area contributed by atoms with Gasteiger partial charge >= 0.3 is 24.7 Å². The summed E-state index contributed by atoms with van der Waals surface area (Å²) in [6, 6.07) is 49.8. The van der Waals surface area contributed by atoms with Gasteiger partial charge in [0.2, 0.25) is 0 Å². The first-order valence-corrected chi connectivity index (χ1v) is 32.2. The van der Waals surface area contributed by atoms with Gasteiger partial charge < -0.3 is 18.3 Å². The molecule has 0 amide bonds. The number of para-hydroxylation sites is 3. The van der Waals surface area contributed by atoms with E-state index in [0.29, 0.717) is 132 Å². The summed E-state index contributed by atoms with van der Waals surface area (Å²) in [5.41, 5.74) is -1.28. The zero-order valence-electron chi connectivity index (χ0n) is 53.3. The maximum Gasteiger partial charge on any atom is 0.417 e. The van der Waals surface area contributed by atoms with Gasteiger partial charge in [0, 0.05) is 71.5 Å². The van der Waals surface area contributed by atoms with E-state index >= 15 is 52.7 Å². The number of rotatable bonds is 8. The van der Waals surface area contributed by atoms with E-state index in [0.717, 1.165) is 39.8 Å². The van der Waals surface area contributed by atoms with Gasteiger partial charge in [0.25, 0.3) is 0 Å². The van der Waals surface area contributed by atoms with Crippen LogP contribution in [0.2, 0.25) is 0 Å². The molecule has 1 atom stereocenters. The van der Waals surface area contributed by atoms with Crippen LogP contribution in [0.25, 0.3) is 123 Å². The van der Waals surface area contributed by atoms with Crippen LogP contribution < -0.4 is 0 Å². The third-order valence-electron chi connectivity index (χ3n) is 19.8. The number of nitrogens with zero attached hydrogens (tertiary/aromatic N) is 6. The number of halogens is 12. The summed E-state index contributed by atoms with van der Waals surface area (Å²) in [5.74, 6) is -0.329. The molecule has 2 aliphatic carbocycles. The van der Waals surface area contributed by atoms with Gasteiger partial charge in [0.15, 0.2) is 0 Å². The molecule has 10 aromatic carbocycles. The normalized spacial score (nSPS) is 14.3. The van der Waals surface area contributed by atoms with Crippen LogP contribution in [0.15, 0.2) is 194 Å². The quantitative estimate of drug-likeness (QED) is 0.142. The number of hydrogen-bond donors (Lipinski definition) is 0. The Bertz CT molecular complexity index is 5930. The van der Waals surface area contributed by atoms with Crippen molar-refractivity contribution in [2.75, 3.05) is 0 Å². The molecule has 0 radical (unpaired) electrons. The minimum atomic E-state index is -5.32. The highest BCUT2D eigenvalue weighted by Crippen LogP contribution is 2.54. The van der Waals surface area contributed by atoms with Crippen LogP contribution in [0.4, 0.5) is 52.7 Å². The fourth-order valence-corrected chi connectivity index (χ4v) is 15.7. The molecule has 16 rings (SSSR count). The Morgan fingerprint density at radius 3 is 1.40 bits per heavy atom. The fourth-order valence-electron chi connectivity index (χ4n) is 15.7. The largest absolute Gasteiger partial charge is 0.417 e. The summed E-state index contributed by atoms with van der Waals surface area (Å²) >= 11 is 0. The van der Waals surface area contributed by atoms with Crippen molar-refractivity contribution in [3.63, 3.8) is 0 Å². The minimum Gasteiger partial charge on any atom is -0.312 e. The van der Waals surface area contributed by atoms with Crippen molar-refractivity contribution >= 4 is 77.6 Å². The van der Waals surface area contributed by atoms with Gasteiger partial charge in [-0.3, -0.25) is 0 Å². The van der Waals surface area contributed by atoms with E-state index in [9.17, 15) is 10.5 Å². The Balaban J connectivity index is 0.899. The molecule has 0 spiro atoms. The molecule has 494 valence electrons. The third-order valence-corrected chi connectivity index (χ3v) is 19.8. The number of fused-ring (bicyclic) bond motifs is 12. The predicted octanol–water partition coefficient (Wildman–Crippen LogP) is 23.2. The third kappa shape index (κ3) is 10.00. The summed E-state index contributed by atoms with van der Waals surface area (Å²) in [6.07, 6.45) is -12.1. The predicted molar refractivity (Wildman–Crippen MR) is 367 cm³/mol. The lowest BCUT2D eigenvalue weighted by Gasteiger charge is -2.27. The number of benzene rings is 10. The van der Waals surface area contributed by atoms with Crippen molar-refractivity contribution in [1.29, 1.82) is 10.5 Å². The first kappa shape index (κ1) is 63.3. The zero-order valence-corrected chi connectivity index (χ0v) is 53.3. The van der Waals surface area contributed by atoms with E-state index in [4.69, 9.17) is 0 Å². The van der Waals surface area contributed by atoms with Crippen LogP contribution in [0.3, 0.4) is 0 Å². The molecule has 100 heavy (non-hydrogen) atoms. The monoisotopic (exact) mass is 1350 g/mol. The molecule has 0 bridgehead atoms. The first-order valence-electron chi connectivity index (χ1n) is 32.2. The lowest BCUT2D eigenvalue weighted by atomic mass is 9.85. The molecule has 4 aromatic heterocycles. The molecule has 18 heteroatoms. The van der Waals surface area contributed by atoms with Gasteiger partial charge in [0.1, 0.15) is 0 Å². The average molecular weight is 1350 g/mol. The highest BCUT2D eigenvalue weighted by atomic mass is 19.4. The number of allylic oxidation sites excluding steroid dienone is 2. The second-order valence-electron chi connectivity index (χ2n) is 25.9. The molecule has 14 aromatic rings. The van der Waals surface area contributed by atoms with E-state index in [1.807, 2.05) is 87.5 Å². The SMILES string of the molecule is Cc1ccc2c(c1)c1c(n2-c2cc(C#N)cc(-n3c4c(c5ccccc53)CC(Cc3cc5c6ccccc6n(-c6cc(C#N)cc(-n7c8ccccc8c8ccc(C)cc87)c6-c6c(C(F)(F)F)cccc6C(F)(F)F)c5cc3C)C=C4)c2-c2c(C(F)(F)F)cccc2C(F)(F)F)CCC=C1. The van der Waals surface area contributed by atoms with E-state index in [2.05, 4.69) is 12.1 Å². The number of nitriles is 2. The standard InChI is InChI=1S/C82H52F12N6/c1-44-27-30-67-56(32-44)52-15-5-9-23-64(52)97(67)71-37-48(42-95)38-72(77(71)75-59(79(83,84)85)18-12-19-60(75)80(86,87)88)98-65-24-10-6-16-53(65)57-36-47(28-31-68(57)98)35-50-41-58-54-17-7-11-25-66(54)100(70(58)34-46(50)3)74-40-49(43-96)39-73(78(74)76-61(81(89,90)91)20-13-21-62(76)82(92,93)94)99-63-22-8-4-14-51(63)55-29-26-45(2)33-69(55)99/h4-8,10-22,24-34,37-41,47H,9,23,35-36H2,1-3H3. The lowest BCUT2D eigenvalue weighted by Crippen LogP contribution is -2.17. The maximum atomic E-state index is 15.8. The smallest absolute Gasteiger partial charge is 0.312 e. The highest BCUT2D eigenvalue weighted by molar-refractivity contribution is 6.13. The molecular weight excluding hydrogens is 1300 g/mol. The molecule has 0 N–H and O–H groups in total. The van der Waals surface area contributed by atoms with E-state index in [1.165, 1.54) is 24.3 Å².